The zero-order chi connectivity index (χ0) is 11.4. The van der Waals surface area contributed by atoms with Gasteiger partial charge in [0.1, 0.15) is 0 Å². The first kappa shape index (κ1) is 12.0. The molecule has 1 aromatic rings. The van der Waals surface area contributed by atoms with Crippen molar-refractivity contribution in [2.24, 2.45) is 5.92 Å². The van der Waals surface area contributed by atoms with Crippen molar-refractivity contribution in [3.8, 4) is 0 Å². The molecule has 1 aromatic heterocycles. The Balaban J connectivity index is 2.14. The smallest absolute Gasteiger partial charge is 0.0801 e. The second-order valence-corrected chi connectivity index (χ2v) is 5.39. The third-order valence-electron chi connectivity index (χ3n) is 3.63. The van der Waals surface area contributed by atoms with E-state index < -0.39 is 0 Å². The molecule has 1 saturated carbocycles. The predicted octanol–water partition coefficient (Wildman–Crippen LogP) is 2.94. The number of aromatic nitrogens is 2. The highest BCUT2D eigenvalue weighted by atomic mass is 32.1. The van der Waals surface area contributed by atoms with Gasteiger partial charge >= 0.3 is 0 Å². The minimum atomic E-state index is 0.482. The summed E-state index contributed by atoms with van der Waals surface area (Å²) in [6, 6.07) is 0.482. The summed E-state index contributed by atoms with van der Waals surface area (Å²) in [7, 11) is 2.07. The Hall–Kier alpha value is -0.480. The minimum Gasteiger partial charge on any atom is -0.312 e. The van der Waals surface area contributed by atoms with Crippen LogP contribution in [0.4, 0.5) is 0 Å². The number of hydrogen-bond acceptors (Lipinski definition) is 4. The van der Waals surface area contributed by atoms with Crippen LogP contribution in [0.1, 0.15) is 55.6 Å². The van der Waals surface area contributed by atoms with Crippen LogP contribution < -0.4 is 5.32 Å². The van der Waals surface area contributed by atoms with Crippen LogP contribution in [0.5, 0.6) is 0 Å². The van der Waals surface area contributed by atoms with E-state index in [-0.39, 0.29) is 0 Å². The van der Waals surface area contributed by atoms with Gasteiger partial charge in [-0.15, -0.1) is 5.10 Å². The molecule has 1 unspecified atom stereocenters. The SMILES string of the molecule is CCc1nnsc1C(NC)C1CCCCC1. The molecule has 3 nitrogen and oxygen atoms in total. The van der Waals surface area contributed by atoms with Gasteiger partial charge in [-0.2, -0.15) is 0 Å². The highest BCUT2D eigenvalue weighted by molar-refractivity contribution is 7.05. The van der Waals surface area contributed by atoms with Gasteiger partial charge in [-0.3, -0.25) is 0 Å². The third kappa shape index (κ3) is 2.43. The van der Waals surface area contributed by atoms with Gasteiger partial charge in [0.2, 0.25) is 0 Å². The van der Waals surface area contributed by atoms with E-state index in [9.17, 15) is 0 Å². The van der Waals surface area contributed by atoms with Crippen molar-refractivity contribution in [3.05, 3.63) is 10.6 Å². The summed E-state index contributed by atoms with van der Waals surface area (Å²) in [5, 5.41) is 7.71. The van der Waals surface area contributed by atoms with Crippen LogP contribution in [0.3, 0.4) is 0 Å². The summed E-state index contributed by atoms with van der Waals surface area (Å²) >= 11 is 1.58. The molecule has 2 rings (SSSR count). The number of aryl methyl sites for hydroxylation is 1. The molecule has 0 spiro atoms. The molecular formula is C12H21N3S. The lowest BCUT2D eigenvalue weighted by atomic mass is 9.83. The molecular weight excluding hydrogens is 218 g/mol. The topological polar surface area (TPSA) is 37.8 Å². The number of nitrogens with zero attached hydrogens (tertiary/aromatic N) is 2. The van der Waals surface area contributed by atoms with E-state index in [1.807, 2.05) is 0 Å². The van der Waals surface area contributed by atoms with Gasteiger partial charge in [-0.1, -0.05) is 30.7 Å². The molecule has 0 aromatic carbocycles. The van der Waals surface area contributed by atoms with Gasteiger partial charge in [-0.05, 0) is 43.8 Å². The molecule has 4 heteroatoms. The lowest BCUT2D eigenvalue weighted by molar-refractivity contribution is 0.283. The number of rotatable bonds is 4. The van der Waals surface area contributed by atoms with Crippen LogP contribution in [0.15, 0.2) is 0 Å². The normalized spacial score (nSPS) is 19.9. The quantitative estimate of drug-likeness (QED) is 0.878. The van der Waals surface area contributed by atoms with Crippen LogP contribution in [0, 0.1) is 5.92 Å². The lowest BCUT2D eigenvalue weighted by Crippen LogP contribution is -2.27. The Morgan fingerprint density at radius 3 is 2.75 bits per heavy atom. The van der Waals surface area contributed by atoms with Crippen LogP contribution in [0.25, 0.3) is 0 Å². The molecule has 1 atom stereocenters. The zero-order valence-corrected chi connectivity index (χ0v) is 11.0. The third-order valence-corrected chi connectivity index (χ3v) is 4.48. The largest absolute Gasteiger partial charge is 0.312 e. The van der Waals surface area contributed by atoms with E-state index >= 15 is 0 Å². The summed E-state index contributed by atoms with van der Waals surface area (Å²) in [6.45, 7) is 2.16. The van der Waals surface area contributed by atoms with Crippen molar-refractivity contribution in [3.63, 3.8) is 0 Å². The van der Waals surface area contributed by atoms with Crippen molar-refractivity contribution < 1.29 is 0 Å². The highest BCUT2D eigenvalue weighted by Crippen LogP contribution is 2.36. The maximum atomic E-state index is 4.23. The monoisotopic (exact) mass is 239 g/mol. The maximum absolute atomic E-state index is 4.23. The Morgan fingerprint density at radius 1 is 1.38 bits per heavy atom. The Kier molecular flexibility index (Phi) is 4.29. The molecule has 1 aliphatic rings. The first-order valence-electron chi connectivity index (χ1n) is 6.35. The molecule has 0 aliphatic heterocycles. The van der Waals surface area contributed by atoms with Gasteiger partial charge in [0.15, 0.2) is 0 Å². The van der Waals surface area contributed by atoms with Crippen molar-refractivity contribution in [1.82, 2.24) is 14.9 Å². The summed E-state index contributed by atoms with van der Waals surface area (Å²) in [5.74, 6) is 0.784. The molecule has 1 fully saturated rings. The second kappa shape index (κ2) is 5.73. The van der Waals surface area contributed by atoms with Crippen LogP contribution in [0.2, 0.25) is 0 Å². The zero-order valence-electron chi connectivity index (χ0n) is 10.2. The molecule has 1 heterocycles. The highest BCUT2D eigenvalue weighted by Gasteiger charge is 2.27. The van der Waals surface area contributed by atoms with E-state index in [1.165, 1.54) is 42.7 Å². The predicted molar refractivity (Wildman–Crippen MR) is 67.7 cm³/mol. The fourth-order valence-electron chi connectivity index (χ4n) is 2.75. The number of nitrogens with one attached hydrogen (secondary N) is 1. The average molecular weight is 239 g/mol. The van der Waals surface area contributed by atoms with Crippen LogP contribution in [-0.2, 0) is 6.42 Å². The molecule has 1 N–H and O–H groups in total. The summed E-state index contributed by atoms with van der Waals surface area (Å²) < 4.78 is 4.11. The van der Waals surface area contributed by atoms with Crippen LogP contribution in [-0.4, -0.2) is 16.6 Å². The van der Waals surface area contributed by atoms with E-state index in [1.54, 1.807) is 11.5 Å². The molecule has 1 aliphatic carbocycles. The van der Waals surface area contributed by atoms with Crippen molar-refractivity contribution in [2.75, 3.05) is 7.05 Å². The summed E-state index contributed by atoms with van der Waals surface area (Å²) in [4.78, 5) is 1.37. The molecule has 0 saturated heterocycles. The maximum Gasteiger partial charge on any atom is 0.0801 e. The minimum absolute atomic E-state index is 0.482. The standard InChI is InChI=1S/C12H21N3S/c1-3-10-12(16-15-14-10)11(13-2)9-7-5-4-6-8-9/h9,11,13H,3-8H2,1-2H3. The van der Waals surface area contributed by atoms with E-state index in [0.29, 0.717) is 6.04 Å². The number of hydrogen-bond donors (Lipinski definition) is 1. The fourth-order valence-corrected chi connectivity index (χ4v) is 3.69. The van der Waals surface area contributed by atoms with Gasteiger partial charge in [0.05, 0.1) is 10.6 Å². The molecule has 16 heavy (non-hydrogen) atoms. The first-order valence-corrected chi connectivity index (χ1v) is 7.12. The van der Waals surface area contributed by atoms with Gasteiger partial charge in [0.25, 0.3) is 0 Å². The van der Waals surface area contributed by atoms with Gasteiger partial charge in [0, 0.05) is 6.04 Å². The Labute approximate surface area is 102 Å². The summed E-state index contributed by atoms with van der Waals surface area (Å²) in [6.07, 6.45) is 7.89. The van der Waals surface area contributed by atoms with Crippen LogP contribution >= 0.6 is 11.5 Å². The van der Waals surface area contributed by atoms with E-state index in [4.69, 9.17) is 0 Å². The first-order chi connectivity index (χ1) is 7.86. The lowest BCUT2D eigenvalue weighted by Gasteiger charge is -2.29. The Morgan fingerprint density at radius 2 is 2.12 bits per heavy atom. The van der Waals surface area contributed by atoms with Gasteiger partial charge < -0.3 is 5.32 Å². The summed E-state index contributed by atoms with van der Waals surface area (Å²) in [5.41, 5.74) is 1.19. The van der Waals surface area contributed by atoms with Gasteiger partial charge in [-0.25, -0.2) is 0 Å². The van der Waals surface area contributed by atoms with E-state index in [0.717, 1.165) is 12.3 Å². The molecule has 0 bridgehead atoms. The fraction of sp³-hybridized carbons (Fsp3) is 0.833. The van der Waals surface area contributed by atoms with E-state index in [2.05, 4.69) is 28.9 Å². The molecule has 90 valence electrons. The average Bonchev–Trinajstić information content (AvgIpc) is 2.80. The molecule has 0 amide bonds. The van der Waals surface area contributed by atoms with Crippen molar-refractivity contribution >= 4 is 11.5 Å². The van der Waals surface area contributed by atoms with Crippen molar-refractivity contribution in [1.29, 1.82) is 0 Å². The second-order valence-electron chi connectivity index (χ2n) is 4.60. The molecule has 0 radical (unpaired) electrons. The Bertz CT molecular complexity index is 318. The van der Waals surface area contributed by atoms with Crippen molar-refractivity contribution in [2.45, 2.75) is 51.5 Å².